The Morgan fingerprint density at radius 1 is 1.65 bits per heavy atom. The molecule has 0 saturated carbocycles. The Hall–Kier alpha value is -1.66. The fourth-order valence-electron chi connectivity index (χ4n) is 1.13. The fourth-order valence-corrected chi connectivity index (χ4v) is 1.35. The first-order valence-electron chi connectivity index (χ1n) is 4.96. The Kier molecular flexibility index (Phi) is 4.42. The van der Waals surface area contributed by atoms with Gasteiger partial charge in [-0.15, -0.1) is 0 Å². The van der Waals surface area contributed by atoms with Gasteiger partial charge in [-0.25, -0.2) is 0 Å². The van der Waals surface area contributed by atoms with Crippen LogP contribution in [0.3, 0.4) is 0 Å². The monoisotopic (exact) mass is 257 g/mol. The van der Waals surface area contributed by atoms with Crippen molar-refractivity contribution in [2.24, 2.45) is 5.73 Å². The molecule has 3 N–H and O–H groups in total. The molecule has 0 unspecified atom stereocenters. The van der Waals surface area contributed by atoms with Gasteiger partial charge in [0, 0.05) is 12.1 Å². The van der Waals surface area contributed by atoms with Crippen molar-refractivity contribution >= 4 is 28.9 Å². The molecule has 1 amide bonds. The number of carbonyl (C=O) groups excluding carboxylic acids is 1. The minimum Gasteiger partial charge on any atom is -0.323 e. The minimum atomic E-state index is -0.624. The van der Waals surface area contributed by atoms with Gasteiger partial charge in [0.15, 0.2) is 0 Å². The highest BCUT2D eigenvalue weighted by atomic mass is 35.5. The number of amides is 1. The number of nitrogens with two attached hydrogens (primary N) is 1. The quantitative estimate of drug-likeness (QED) is 0.636. The Morgan fingerprint density at radius 3 is 2.76 bits per heavy atom. The summed E-state index contributed by atoms with van der Waals surface area (Å²) in [5.74, 6) is -0.372. The van der Waals surface area contributed by atoms with Crippen molar-refractivity contribution in [2.45, 2.75) is 19.4 Å². The van der Waals surface area contributed by atoms with Gasteiger partial charge in [0.05, 0.1) is 21.7 Å². The topological polar surface area (TPSA) is 98.3 Å². The van der Waals surface area contributed by atoms with E-state index in [2.05, 4.69) is 5.32 Å². The number of anilines is 1. The maximum atomic E-state index is 11.5. The average Bonchev–Trinajstić information content (AvgIpc) is 2.30. The van der Waals surface area contributed by atoms with E-state index in [1.54, 1.807) is 6.92 Å². The highest BCUT2D eigenvalue weighted by molar-refractivity contribution is 6.34. The van der Waals surface area contributed by atoms with Crippen molar-refractivity contribution in [3.8, 4) is 0 Å². The van der Waals surface area contributed by atoms with Crippen molar-refractivity contribution in [1.29, 1.82) is 0 Å². The molecule has 1 aromatic carbocycles. The zero-order chi connectivity index (χ0) is 13.0. The largest absolute Gasteiger partial charge is 0.323 e. The van der Waals surface area contributed by atoms with Gasteiger partial charge in [-0.3, -0.25) is 14.9 Å². The molecule has 0 fully saturated rings. The SMILES string of the molecule is CC[C@@H](N)C(=O)Nc1ccc([N+](=O)[O-])cc1Cl. The summed E-state index contributed by atoms with van der Waals surface area (Å²) in [6, 6.07) is 3.19. The number of nitro benzene ring substituents is 1. The molecule has 0 aliphatic heterocycles. The third-order valence-electron chi connectivity index (χ3n) is 2.20. The molecular formula is C10H12ClN3O3. The summed E-state index contributed by atoms with van der Waals surface area (Å²) in [5, 5.41) is 13.1. The second-order valence-corrected chi connectivity index (χ2v) is 3.83. The van der Waals surface area contributed by atoms with E-state index in [4.69, 9.17) is 17.3 Å². The molecule has 92 valence electrons. The zero-order valence-electron chi connectivity index (χ0n) is 9.14. The van der Waals surface area contributed by atoms with Crippen LogP contribution in [0.15, 0.2) is 18.2 Å². The molecule has 0 spiro atoms. The maximum Gasteiger partial charge on any atom is 0.271 e. The average molecular weight is 258 g/mol. The molecule has 0 aromatic heterocycles. The molecule has 0 bridgehead atoms. The molecule has 6 nitrogen and oxygen atoms in total. The molecule has 0 aliphatic carbocycles. The lowest BCUT2D eigenvalue weighted by atomic mass is 10.2. The number of rotatable bonds is 4. The Labute approximate surface area is 103 Å². The Morgan fingerprint density at radius 2 is 2.29 bits per heavy atom. The maximum absolute atomic E-state index is 11.5. The van der Waals surface area contributed by atoms with Gasteiger partial charge in [0.1, 0.15) is 0 Å². The van der Waals surface area contributed by atoms with E-state index in [1.807, 2.05) is 0 Å². The molecule has 17 heavy (non-hydrogen) atoms. The van der Waals surface area contributed by atoms with Gasteiger partial charge in [0.2, 0.25) is 5.91 Å². The predicted octanol–water partition coefficient (Wildman–Crippen LogP) is 1.92. The van der Waals surface area contributed by atoms with Gasteiger partial charge < -0.3 is 11.1 Å². The number of benzene rings is 1. The summed E-state index contributed by atoms with van der Waals surface area (Å²) in [5.41, 5.74) is 5.71. The van der Waals surface area contributed by atoms with Crippen LogP contribution in [0.25, 0.3) is 0 Å². The highest BCUT2D eigenvalue weighted by Crippen LogP contribution is 2.26. The van der Waals surface area contributed by atoms with Crippen LogP contribution in [0.2, 0.25) is 5.02 Å². The van der Waals surface area contributed by atoms with Crippen LogP contribution in [0.5, 0.6) is 0 Å². The Balaban J connectivity index is 2.86. The van der Waals surface area contributed by atoms with Crippen LogP contribution in [0.4, 0.5) is 11.4 Å². The number of nitrogens with zero attached hydrogens (tertiary/aromatic N) is 1. The molecule has 0 aliphatic rings. The number of nitrogens with one attached hydrogen (secondary N) is 1. The lowest BCUT2D eigenvalue weighted by Gasteiger charge is -2.10. The van der Waals surface area contributed by atoms with Gasteiger partial charge in [0.25, 0.3) is 5.69 Å². The van der Waals surface area contributed by atoms with Crippen LogP contribution in [0, 0.1) is 10.1 Å². The predicted molar refractivity (Wildman–Crippen MR) is 65.0 cm³/mol. The molecule has 0 heterocycles. The smallest absolute Gasteiger partial charge is 0.271 e. The summed E-state index contributed by atoms with van der Waals surface area (Å²) >= 11 is 5.81. The molecule has 0 saturated heterocycles. The van der Waals surface area contributed by atoms with E-state index in [0.717, 1.165) is 0 Å². The molecule has 7 heteroatoms. The second kappa shape index (κ2) is 5.60. The standard InChI is InChI=1S/C10H12ClN3O3/c1-2-8(12)10(15)13-9-4-3-6(14(16)17)5-7(9)11/h3-5,8H,2,12H2,1H3,(H,13,15)/t8-/m1/s1. The summed E-state index contributed by atoms with van der Waals surface area (Å²) in [6.07, 6.45) is 0.496. The molecule has 1 atom stereocenters. The third kappa shape index (κ3) is 3.40. The van der Waals surface area contributed by atoms with Gasteiger partial charge >= 0.3 is 0 Å². The van der Waals surface area contributed by atoms with Crippen molar-refractivity contribution < 1.29 is 9.72 Å². The summed E-state index contributed by atoms with van der Waals surface area (Å²) < 4.78 is 0. The van der Waals surface area contributed by atoms with Crippen LogP contribution in [-0.2, 0) is 4.79 Å². The number of nitro groups is 1. The van der Waals surface area contributed by atoms with Gasteiger partial charge in [-0.2, -0.15) is 0 Å². The van der Waals surface area contributed by atoms with Gasteiger partial charge in [-0.1, -0.05) is 18.5 Å². The normalized spacial score (nSPS) is 11.9. The lowest BCUT2D eigenvalue weighted by molar-refractivity contribution is -0.384. The second-order valence-electron chi connectivity index (χ2n) is 3.43. The van der Waals surface area contributed by atoms with Crippen LogP contribution in [0.1, 0.15) is 13.3 Å². The minimum absolute atomic E-state index is 0.107. The summed E-state index contributed by atoms with van der Waals surface area (Å²) in [7, 11) is 0. The number of hydrogen-bond donors (Lipinski definition) is 2. The number of non-ortho nitro benzene ring substituents is 1. The van der Waals surface area contributed by atoms with E-state index in [-0.39, 0.29) is 16.6 Å². The fraction of sp³-hybridized carbons (Fsp3) is 0.300. The van der Waals surface area contributed by atoms with E-state index in [1.165, 1.54) is 18.2 Å². The van der Waals surface area contributed by atoms with Crippen molar-refractivity contribution in [1.82, 2.24) is 0 Å². The molecule has 0 radical (unpaired) electrons. The first-order valence-corrected chi connectivity index (χ1v) is 5.34. The van der Waals surface area contributed by atoms with Crippen LogP contribution in [-0.4, -0.2) is 16.9 Å². The first kappa shape index (κ1) is 13.4. The van der Waals surface area contributed by atoms with Crippen LogP contribution >= 0.6 is 11.6 Å². The van der Waals surface area contributed by atoms with Crippen molar-refractivity contribution in [3.63, 3.8) is 0 Å². The number of hydrogen-bond acceptors (Lipinski definition) is 4. The van der Waals surface area contributed by atoms with Crippen molar-refractivity contribution in [2.75, 3.05) is 5.32 Å². The summed E-state index contributed by atoms with van der Waals surface area (Å²) in [4.78, 5) is 21.4. The van der Waals surface area contributed by atoms with Crippen molar-refractivity contribution in [3.05, 3.63) is 33.3 Å². The van der Waals surface area contributed by atoms with Gasteiger partial charge in [-0.05, 0) is 12.5 Å². The third-order valence-corrected chi connectivity index (χ3v) is 2.51. The van der Waals surface area contributed by atoms with Crippen LogP contribution < -0.4 is 11.1 Å². The first-order chi connectivity index (χ1) is 7.95. The van der Waals surface area contributed by atoms with E-state index in [0.29, 0.717) is 12.1 Å². The highest BCUT2D eigenvalue weighted by Gasteiger charge is 2.14. The molecule has 1 aromatic rings. The number of carbonyl (C=O) groups is 1. The summed E-state index contributed by atoms with van der Waals surface area (Å²) in [6.45, 7) is 1.78. The molecule has 1 rings (SSSR count). The lowest BCUT2D eigenvalue weighted by Crippen LogP contribution is -2.34. The zero-order valence-corrected chi connectivity index (χ0v) is 9.90. The van der Waals surface area contributed by atoms with E-state index < -0.39 is 11.0 Å². The van der Waals surface area contributed by atoms with E-state index in [9.17, 15) is 14.9 Å². The van der Waals surface area contributed by atoms with E-state index >= 15 is 0 Å². The number of halogens is 1. The molecular weight excluding hydrogens is 246 g/mol. The Bertz CT molecular complexity index is 450.